The summed E-state index contributed by atoms with van der Waals surface area (Å²) < 4.78 is 86.9. The zero-order valence-electron chi connectivity index (χ0n) is 22.5. The quantitative estimate of drug-likeness (QED) is 0.289. The van der Waals surface area contributed by atoms with Crippen molar-refractivity contribution in [2.24, 2.45) is 7.05 Å². The van der Waals surface area contributed by atoms with Crippen molar-refractivity contribution in [3.05, 3.63) is 47.4 Å². The number of alkyl halides is 6. The topological polar surface area (TPSA) is 101 Å². The van der Waals surface area contributed by atoms with E-state index >= 15 is 0 Å². The fraction of sp³-hybridized carbons (Fsp3) is 0.462. The minimum Gasteiger partial charge on any atom is -0.369 e. The number of pyridine rings is 2. The molecule has 1 aliphatic heterocycles. The lowest BCUT2D eigenvalue weighted by Crippen LogP contribution is -2.35. The van der Waals surface area contributed by atoms with Crippen LogP contribution in [-0.4, -0.2) is 47.6 Å². The van der Waals surface area contributed by atoms with Crippen LogP contribution in [0.5, 0.6) is 0 Å². The molecule has 0 saturated carbocycles. The van der Waals surface area contributed by atoms with Crippen LogP contribution >= 0.6 is 0 Å². The molecule has 1 fully saturated rings. The summed E-state index contributed by atoms with van der Waals surface area (Å²) in [5, 5.41) is 21.6. The molecule has 0 bridgehead atoms. The van der Waals surface area contributed by atoms with Crippen molar-refractivity contribution in [3.8, 4) is 17.3 Å². The lowest BCUT2D eigenvalue weighted by Gasteiger charge is -2.34. The molecule has 5 heterocycles. The third-order valence-corrected chi connectivity index (χ3v) is 7.03. The maximum atomic E-state index is 14.3. The summed E-state index contributed by atoms with van der Waals surface area (Å²) in [6.45, 7) is 5.33. The molecule has 1 aliphatic rings. The largest absolute Gasteiger partial charge is 0.433 e. The van der Waals surface area contributed by atoms with Crippen molar-refractivity contribution < 1.29 is 26.3 Å². The highest BCUT2D eigenvalue weighted by molar-refractivity contribution is 5.87. The summed E-state index contributed by atoms with van der Waals surface area (Å²) in [5.74, 6) is 0.798. The van der Waals surface area contributed by atoms with Gasteiger partial charge in [-0.05, 0) is 45.7 Å². The van der Waals surface area contributed by atoms with E-state index in [4.69, 9.17) is 0 Å². The predicted octanol–water partition coefficient (Wildman–Crippen LogP) is 5.67. The van der Waals surface area contributed by atoms with Crippen LogP contribution in [0.2, 0.25) is 0 Å². The molecular formula is C26H25F6N9. The molecule has 0 atom stereocenters. The second-order valence-corrected chi connectivity index (χ2v) is 10.9. The van der Waals surface area contributed by atoms with Gasteiger partial charge in [0, 0.05) is 37.8 Å². The van der Waals surface area contributed by atoms with Crippen LogP contribution in [0.25, 0.3) is 22.3 Å². The number of nitrogens with zero attached hydrogens (tertiary/aromatic N) is 9. The number of fused-ring (bicyclic) bond motifs is 1. The Morgan fingerprint density at radius 1 is 1.00 bits per heavy atom. The van der Waals surface area contributed by atoms with Crippen molar-refractivity contribution >= 4 is 16.7 Å². The molecular weight excluding hydrogens is 552 g/mol. The SMILES string of the molecule is Cn1cnnc1C1CCN(c2c(C#N)cc(C(F)(F)F)nc2-c2cnc3nn(C(C)(C)C)c(C(F)(F)F)c3c2)CC1. The summed E-state index contributed by atoms with van der Waals surface area (Å²) >= 11 is 0. The van der Waals surface area contributed by atoms with E-state index < -0.39 is 29.3 Å². The Hall–Kier alpha value is -4.22. The molecule has 9 nitrogen and oxygen atoms in total. The summed E-state index contributed by atoms with van der Waals surface area (Å²) in [6.07, 6.45) is -5.89. The Bertz CT molecular complexity index is 1650. The first-order valence-electron chi connectivity index (χ1n) is 12.7. The molecule has 1 saturated heterocycles. The fourth-order valence-electron chi connectivity index (χ4n) is 5.17. The molecule has 0 aliphatic carbocycles. The molecule has 0 unspecified atom stereocenters. The van der Waals surface area contributed by atoms with E-state index in [0.29, 0.717) is 32.0 Å². The summed E-state index contributed by atoms with van der Waals surface area (Å²) in [5.41, 5.74) is -4.24. The Morgan fingerprint density at radius 2 is 1.68 bits per heavy atom. The number of piperidine rings is 1. The van der Waals surface area contributed by atoms with E-state index in [0.717, 1.165) is 22.8 Å². The van der Waals surface area contributed by atoms with E-state index in [2.05, 4.69) is 25.3 Å². The molecule has 0 spiro atoms. The van der Waals surface area contributed by atoms with E-state index in [-0.39, 0.29) is 39.5 Å². The second kappa shape index (κ2) is 9.71. The molecule has 41 heavy (non-hydrogen) atoms. The predicted molar refractivity (Wildman–Crippen MR) is 136 cm³/mol. The first kappa shape index (κ1) is 28.3. The standard InChI is InChI=1S/C26H25F6N9/c1-24(2,3)41-21(26(30,31)32)17-9-16(12-34-22(17)38-41)19-20(15(11-33)10-18(36-19)25(27,28)29)40-7-5-14(6-8-40)23-37-35-13-39(23)4/h9-10,12-14H,5-8H2,1-4H3. The maximum absolute atomic E-state index is 14.3. The highest BCUT2D eigenvalue weighted by Crippen LogP contribution is 2.42. The van der Waals surface area contributed by atoms with Gasteiger partial charge in [-0.3, -0.25) is 4.68 Å². The van der Waals surface area contributed by atoms with Crippen molar-refractivity contribution in [3.63, 3.8) is 0 Å². The number of aryl methyl sites for hydroxylation is 1. The van der Waals surface area contributed by atoms with E-state index in [9.17, 15) is 31.6 Å². The third-order valence-electron chi connectivity index (χ3n) is 7.03. The van der Waals surface area contributed by atoms with E-state index in [1.807, 2.05) is 13.1 Å². The summed E-state index contributed by atoms with van der Waals surface area (Å²) in [7, 11) is 1.81. The number of nitriles is 1. The van der Waals surface area contributed by atoms with Crippen molar-refractivity contribution in [1.29, 1.82) is 5.26 Å². The Labute approximate surface area is 230 Å². The van der Waals surface area contributed by atoms with Gasteiger partial charge in [-0.2, -0.15) is 36.7 Å². The number of hydrogen-bond acceptors (Lipinski definition) is 7. The van der Waals surface area contributed by atoms with Crippen LogP contribution in [0.15, 0.2) is 24.7 Å². The monoisotopic (exact) mass is 577 g/mol. The van der Waals surface area contributed by atoms with Gasteiger partial charge in [-0.15, -0.1) is 10.2 Å². The van der Waals surface area contributed by atoms with Gasteiger partial charge >= 0.3 is 12.4 Å². The average Bonchev–Trinajstić information content (AvgIpc) is 3.50. The number of hydrogen-bond donors (Lipinski definition) is 0. The second-order valence-electron chi connectivity index (χ2n) is 10.9. The molecule has 0 amide bonds. The van der Waals surface area contributed by atoms with E-state index in [1.165, 1.54) is 0 Å². The Balaban J connectivity index is 1.68. The van der Waals surface area contributed by atoms with Crippen LogP contribution in [0.4, 0.5) is 32.0 Å². The van der Waals surface area contributed by atoms with Crippen LogP contribution in [-0.2, 0) is 24.9 Å². The zero-order chi connectivity index (χ0) is 29.9. The average molecular weight is 578 g/mol. The molecule has 15 heteroatoms. The van der Waals surface area contributed by atoms with Gasteiger partial charge in [0.25, 0.3) is 0 Å². The van der Waals surface area contributed by atoms with Crippen LogP contribution in [0, 0.1) is 11.3 Å². The van der Waals surface area contributed by atoms with E-state index in [1.54, 1.807) is 36.6 Å². The van der Waals surface area contributed by atoms with Gasteiger partial charge in [-0.25, -0.2) is 9.97 Å². The Kier molecular flexibility index (Phi) is 6.70. The smallest absolute Gasteiger partial charge is 0.369 e. The Morgan fingerprint density at radius 3 is 2.22 bits per heavy atom. The highest BCUT2D eigenvalue weighted by Gasteiger charge is 2.41. The minimum absolute atomic E-state index is 0.0331. The van der Waals surface area contributed by atoms with Crippen molar-refractivity contribution in [2.75, 3.05) is 18.0 Å². The first-order valence-corrected chi connectivity index (χ1v) is 12.7. The number of halogens is 6. The van der Waals surface area contributed by atoms with Gasteiger partial charge in [0.15, 0.2) is 11.3 Å². The summed E-state index contributed by atoms with van der Waals surface area (Å²) in [4.78, 5) is 9.66. The number of aromatic nitrogens is 7. The third kappa shape index (κ3) is 5.18. The lowest BCUT2D eigenvalue weighted by atomic mass is 9.94. The number of anilines is 1. The molecule has 216 valence electrons. The zero-order valence-corrected chi connectivity index (χ0v) is 22.5. The summed E-state index contributed by atoms with van der Waals surface area (Å²) in [6, 6.07) is 3.60. The molecule has 4 aromatic rings. The van der Waals surface area contributed by atoms with Crippen LogP contribution < -0.4 is 4.90 Å². The van der Waals surface area contributed by atoms with Gasteiger partial charge in [0.2, 0.25) is 0 Å². The minimum atomic E-state index is -4.90. The molecule has 4 aromatic heterocycles. The van der Waals surface area contributed by atoms with Gasteiger partial charge in [0.05, 0.1) is 27.9 Å². The van der Waals surface area contributed by atoms with Gasteiger partial charge < -0.3 is 9.47 Å². The van der Waals surface area contributed by atoms with Crippen LogP contribution in [0.3, 0.4) is 0 Å². The van der Waals surface area contributed by atoms with Gasteiger partial charge in [0.1, 0.15) is 23.9 Å². The maximum Gasteiger partial charge on any atom is 0.433 e. The van der Waals surface area contributed by atoms with Crippen LogP contribution in [0.1, 0.15) is 62.3 Å². The molecule has 0 aromatic carbocycles. The highest BCUT2D eigenvalue weighted by atomic mass is 19.4. The number of rotatable bonds is 3. The molecule has 0 radical (unpaired) electrons. The van der Waals surface area contributed by atoms with Gasteiger partial charge in [-0.1, -0.05) is 0 Å². The first-order chi connectivity index (χ1) is 19.1. The molecule has 0 N–H and O–H groups in total. The van der Waals surface area contributed by atoms with Crippen molar-refractivity contribution in [2.45, 2.75) is 57.4 Å². The lowest BCUT2D eigenvalue weighted by molar-refractivity contribution is -0.144. The normalized spacial score (nSPS) is 15.5. The molecule has 5 rings (SSSR count). The van der Waals surface area contributed by atoms with Crippen molar-refractivity contribution in [1.82, 2.24) is 34.5 Å². The fourth-order valence-corrected chi connectivity index (χ4v) is 5.17.